The lowest BCUT2D eigenvalue weighted by Crippen LogP contribution is -2.38. The zero-order valence-corrected chi connectivity index (χ0v) is 13.3. The van der Waals surface area contributed by atoms with Crippen LogP contribution in [-0.2, 0) is 9.59 Å². The van der Waals surface area contributed by atoms with Gasteiger partial charge in [0.15, 0.2) is 0 Å². The molecule has 0 fully saturated rings. The minimum atomic E-state index is -1.03. The number of benzene rings is 2. The molecule has 3 N–H and O–H groups in total. The fourth-order valence-corrected chi connectivity index (χ4v) is 2.34. The summed E-state index contributed by atoms with van der Waals surface area (Å²) in [6, 6.07) is 11.0. The third-order valence-electron chi connectivity index (χ3n) is 3.48. The summed E-state index contributed by atoms with van der Waals surface area (Å²) in [6.07, 6.45) is 0.880. The van der Waals surface area contributed by atoms with Crippen molar-refractivity contribution in [3.8, 4) is 0 Å². The highest BCUT2D eigenvalue weighted by Gasteiger charge is 2.20. The lowest BCUT2D eigenvalue weighted by atomic mass is 10.0. The van der Waals surface area contributed by atoms with Crippen molar-refractivity contribution >= 4 is 17.5 Å². The molecule has 1 unspecified atom stereocenters. The number of carbonyl (C=O) groups is 2. The van der Waals surface area contributed by atoms with Crippen molar-refractivity contribution in [1.29, 1.82) is 0 Å². The molecular formula is C18H18F2N2O3. The highest BCUT2D eigenvalue weighted by Crippen LogP contribution is 2.18. The summed E-state index contributed by atoms with van der Waals surface area (Å²) in [5.41, 5.74) is 0.637. The first kappa shape index (κ1) is 18.5. The molecule has 0 aromatic heterocycles. The van der Waals surface area contributed by atoms with Gasteiger partial charge in [0.2, 0.25) is 0 Å². The summed E-state index contributed by atoms with van der Waals surface area (Å²) in [5.74, 6) is -3.69. The van der Waals surface area contributed by atoms with Crippen LogP contribution in [0.4, 0.5) is 14.5 Å². The molecule has 7 heteroatoms. The lowest BCUT2D eigenvalue weighted by molar-refractivity contribution is -0.136. The maximum Gasteiger partial charge on any atom is 0.313 e. The predicted molar refractivity (Wildman–Crippen MR) is 88.6 cm³/mol. The van der Waals surface area contributed by atoms with Crippen LogP contribution in [0.2, 0.25) is 0 Å². The van der Waals surface area contributed by atoms with Crippen LogP contribution in [0.1, 0.15) is 24.4 Å². The Labute approximate surface area is 143 Å². The number of hydrogen-bond acceptors (Lipinski definition) is 3. The molecule has 2 amide bonds. The zero-order valence-electron chi connectivity index (χ0n) is 13.3. The summed E-state index contributed by atoms with van der Waals surface area (Å²) in [6.45, 7) is -0.0476. The Bertz CT molecular complexity index is 718. The summed E-state index contributed by atoms with van der Waals surface area (Å²) in [4.78, 5) is 24.0. The van der Waals surface area contributed by atoms with Crippen LogP contribution in [0.3, 0.4) is 0 Å². The lowest BCUT2D eigenvalue weighted by Gasteiger charge is -2.18. The van der Waals surface area contributed by atoms with E-state index in [0.717, 1.165) is 17.7 Å². The van der Waals surface area contributed by atoms with Crippen molar-refractivity contribution in [3.63, 3.8) is 0 Å². The molecule has 0 radical (unpaired) electrons. The van der Waals surface area contributed by atoms with Crippen molar-refractivity contribution < 1.29 is 23.5 Å². The van der Waals surface area contributed by atoms with Crippen LogP contribution < -0.4 is 10.6 Å². The normalized spacial score (nSPS) is 11.6. The summed E-state index contributed by atoms with van der Waals surface area (Å²) < 4.78 is 26.3. The molecule has 132 valence electrons. The molecule has 0 spiro atoms. The van der Waals surface area contributed by atoms with Gasteiger partial charge in [0.05, 0.1) is 6.04 Å². The van der Waals surface area contributed by atoms with Crippen LogP contribution in [0.25, 0.3) is 0 Å². The van der Waals surface area contributed by atoms with E-state index in [-0.39, 0.29) is 12.3 Å². The number of anilines is 1. The molecule has 0 aliphatic rings. The Morgan fingerprint density at radius 3 is 2.24 bits per heavy atom. The number of carbonyl (C=O) groups excluding carboxylic acids is 2. The largest absolute Gasteiger partial charge is 0.396 e. The minimum Gasteiger partial charge on any atom is -0.396 e. The maximum absolute atomic E-state index is 13.1. The number of aliphatic hydroxyl groups excluding tert-OH is 1. The monoisotopic (exact) mass is 348 g/mol. The molecule has 0 heterocycles. The molecule has 0 saturated carbocycles. The van der Waals surface area contributed by atoms with Gasteiger partial charge in [-0.25, -0.2) is 8.78 Å². The van der Waals surface area contributed by atoms with Crippen molar-refractivity contribution in [2.24, 2.45) is 0 Å². The molecular weight excluding hydrogens is 330 g/mol. The first-order chi connectivity index (χ1) is 12.0. The van der Waals surface area contributed by atoms with Gasteiger partial charge in [-0.3, -0.25) is 9.59 Å². The number of nitrogens with one attached hydrogen (secondary N) is 2. The average Bonchev–Trinajstić information content (AvgIpc) is 2.58. The van der Waals surface area contributed by atoms with Crippen molar-refractivity contribution in [3.05, 3.63) is 65.7 Å². The maximum atomic E-state index is 13.1. The fourth-order valence-electron chi connectivity index (χ4n) is 2.34. The second-order valence-electron chi connectivity index (χ2n) is 5.41. The first-order valence-electron chi connectivity index (χ1n) is 7.73. The topological polar surface area (TPSA) is 78.4 Å². The Balaban J connectivity index is 2.05. The van der Waals surface area contributed by atoms with E-state index in [4.69, 9.17) is 5.11 Å². The number of halogens is 2. The van der Waals surface area contributed by atoms with Gasteiger partial charge in [-0.2, -0.15) is 0 Å². The fraction of sp³-hybridized carbons (Fsp3) is 0.222. The van der Waals surface area contributed by atoms with Crippen LogP contribution in [-0.4, -0.2) is 23.5 Å². The van der Waals surface area contributed by atoms with Crippen LogP contribution in [0.15, 0.2) is 48.5 Å². The van der Waals surface area contributed by atoms with E-state index in [2.05, 4.69) is 10.6 Å². The third-order valence-corrected chi connectivity index (χ3v) is 3.48. The van der Waals surface area contributed by atoms with Gasteiger partial charge in [0.1, 0.15) is 11.6 Å². The van der Waals surface area contributed by atoms with Gasteiger partial charge in [-0.15, -0.1) is 0 Å². The van der Waals surface area contributed by atoms with E-state index in [9.17, 15) is 18.4 Å². The second kappa shape index (κ2) is 8.89. The highest BCUT2D eigenvalue weighted by atomic mass is 19.1. The van der Waals surface area contributed by atoms with Crippen LogP contribution in [0, 0.1) is 11.6 Å². The number of hydrogen-bond donors (Lipinski definition) is 3. The van der Waals surface area contributed by atoms with E-state index in [1.54, 1.807) is 24.3 Å². The van der Waals surface area contributed by atoms with E-state index < -0.39 is 29.5 Å². The van der Waals surface area contributed by atoms with E-state index in [0.29, 0.717) is 18.9 Å². The van der Waals surface area contributed by atoms with Crippen molar-refractivity contribution in [2.45, 2.75) is 18.9 Å². The Morgan fingerprint density at radius 2 is 1.64 bits per heavy atom. The Hall–Kier alpha value is -2.80. The Kier molecular flexibility index (Phi) is 6.59. The van der Waals surface area contributed by atoms with E-state index in [1.807, 2.05) is 6.07 Å². The van der Waals surface area contributed by atoms with Gasteiger partial charge in [-0.05, 0) is 30.5 Å². The van der Waals surface area contributed by atoms with Gasteiger partial charge in [0, 0.05) is 18.4 Å². The average molecular weight is 348 g/mol. The summed E-state index contributed by atoms with van der Waals surface area (Å²) >= 11 is 0. The third kappa shape index (κ3) is 5.65. The van der Waals surface area contributed by atoms with Crippen LogP contribution >= 0.6 is 0 Å². The number of aliphatic hydroxyl groups is 1. The quantitative estimate of drug-likeness (QED) is 0.702. The molecule has 2 aromatic carbocycles. The molecule has 0 aliphatic carbocycles. The van der Waals surface area contributed by atoms with Crippen LogP contribution in [0.5, 0.6) is 0 Å². The van der Waals surface area contributed by atoms with Gasteiger partial charge >= 0.3 is 11.8 Å². The predicted octanol–water partition coefficient (Wildman–Crippen LogP) is 2.53. The number of rotatable bonds is 6. The van der Waals surface area contributed by atoms with Gasteiger partial charge < -0.3 is 15.7 Å². The smallest absolute Gasteiger partial charge is 0.313 e. The second-order valence-corrected chi connectivity index (χ2v) is 5.41. The molecule has 0 aliphatic heterocycles. The zero-order chi connectivity index (χ0) is 18.2. The molecule has 25 heavy (non-hydrogen) atoms. The molecule has 2 aromatic rings. The summed E-state index contributed by atoms with van der Waals surface area (Å²) in [7, 11) is 0. The van der Waals surface area contributed by atoms with E-state index in [1.165, 1.54) is 0 Å². The molecule has 0 bridgehead atoms. The van der Waals surface area contributed by atoms with E-state index >= 15 is 0 Å². The minimum absolute atomic E-state index is 0.0476. The highest BCUT2D eigenvalue weighted by molar-refractivity contribution is 6.39. The van der Waals surface area contributed by atoms with Gasteiger partial charge in [-0.1, -0.05) is 30.3 Å². The molecule has 2 rings (SSSR count). The molecule has 0 saturated heterocycles. The standard InChI is InChI=1S/C18H18F2N2O3/c19-13-9-14(20)11-15(10-13)21-17(24)18(25)22-16(7-4-8-23)12-5-2-1-3-6-12/h1-3,5-6,9-11,16,23H,4,7-8H2,(H,21,24)(H,22,25). The van der Waals surface area contributed by atoms with Crippen molar-refractivity contribution in [2.75, 3.05) is 11.9 Å². The Morgan fingerprint density at radius 1 is 1.00 bits per heavy atom. The summed E-state index contributed by atoms with van der Waals surface area (Å²) in [5, 5.41) is 13.7. The molecule has 5 nitrogen and oxygen atoms in total. The van der Waals surface area contributed by atoms with Crippen molar-refractivity contribution in [1.82, 2.24) is 5.32 Å². The first-order valence-corrected chi connectivity index (χ1v) is 7.73. The SMILES string of the molecule is O=C(Nc1cc(F)cc(F)c1)C(=O)NC(CCCO)c1ccccc1. The van der Waals surface area contributed by atoms with Gasteiger partial charge in [0.25, 0.3) is 0 Å². The number of amides is 2. The molecule has 1 atom stereocenters.